The molecule has 0 unspecified atom stereocenters. The number of rotatable bonds is 5. The van der Waals surface area contributed by atoms with Gasteiger partial charge in [0.05, 0.1) is 6.54 Å². The molecule has 1 N–H and O–H groups in total. The van der Waals surface area contributed by atoms with Crippen molar-refractivity contribution in [1.82, 2.24) is 20.5 Å². The Hall–Kier alpha value is -1.14. The second-order valence-corrected chi connectivity index (χ2v) is 3.86. The van der Waals surface area contributed by atoms with Crippen molar-refractivity contribution in [2.45, 2.75) is 13.8 Å². The maximum Gasteiger partial charge on any atom is 0.245 e. The summed E-state index contributed by atoms with van der Waals surface area (Å²) < 4.78 is 0. The Morgan fingerprint density at radius 2 is 2.06 bits per heavy atom. The van der Waals surface area contributed by atoms with Gasteiger partial charge in [0, 0.05) is 13.1 Å². The first-order valence-corrected chi connectivity index (χ1v) is 5.91. The second kappa shape index (κ2) is 6.56. The van der Waals surface area contributed by atoms with Gasteiger partial charge in [-0.1, -0.05) is 11.6 Å². The molecule has 1 rings (SSSR count). The Kier molecular flexibility index (Phi) is 5.37. The predicted octanol–water partition coefficient (Wildman–Crippen LogP) is 1.14. The van der Waals surface area contributed by atoms with Crippen molar-refractivity contribution in [3.63, 3.8) is 0 Å². The van der Waals surface area contributed by atoms with Gasteiger partial charge in [0.1, 0.15) is 0 Å². The average Bonchev–Trinajstić information content (AvgIpc) is 2.30. The fourth-order valence-electron chi connectivity index (χ4n) is 1.25. The Balaban J connectivity index is 2.85. The van der Waals surface area contributed by atoms with E-state index in [0.29, 0.717) is 18.9 Å². The number of nitrogens with one attached hydrogen (secondary N) is 1. The van der Waals surface area contributed by atoms with Crippen LogP contribution in [0.3, 0.4) is 0 Å². The van der Waals surface area contributed by atoms with E-state index in [0.717, 1.165) is 0 Å². The van der Waals surface area contributed by atoms with Gasteiger partial charge in [0.15, 0.2) is 11.0 Å². The maximum atomic E-state index is 11.5. The quantitative estimate of drug-likeness (QED) is 0.874. The number of hydrogen-bond donors (Lipinski definition) is 1. The second-order valence-electron chi connectivity index (χ2n) is 3.16. The summed E-state index contributed by atoms with van der Waals surface area (Å²) in [5.74, 6) is 0.251. The van der Waals surface area contributed by atoms with Crippen molar-refractivity contribution in [3.8, 4) is 0 Å². The molecule has 0 atom stereocenters. The minimum atomic E-state index is -0.111. The number of halogens is 2. The largest absolute Gasteiger partial charge is 0.355 e. The molecule has 0 aliphatic heterocycles. The van der Waals surface area contributed by atoms with Crippen LogP contribution < -0.4 is 10.2 Å². The minimum Gasteiger partial charge on any atom is -0.355 e. The molecule has 17 heavy (non-hydrogen) atoms. The number of amides is 1. The molecule has 1 aromatic rings. The summed E-state index contributed by atoms with van der Waals surface area (Å²) >= 11 is 11.5. The third-order valence-corrected chi connectivity index (χ3v) is 2.40. The summed E-state index contributed by atoms with van der Waals surface area (Å²) in [5.41, 5.74) is 0. The van der Waals surface area contributed by atoms with Crippen molar-refractivity contribution in [2.75, 3.05) is 24.5 Å². The molecule has 6 nitrogen and oxygen atoms in total. The van der Waals surface area contributed by atoms with Crippen LogP contribution >= 0.6 is 23.2 Å². The smallest absolute Gasteiger partial charge is 0.245 e. The summed E-state index contributed by atoms with van der Waals surface area (Å²) in [4.78, 5) is 17.1. The van der Waals surface area contributed by atoms with Gasteiger partial charge < -0.3 is 10.2 Å². The molecular weight excluding hydrogens is 265 g/mol. The Bertz CT molecular complexity index is 401. The number of likely N-dealkylation sites (N-methyl/N-ethyl adjacent to an activating group) is 2. The highest BCUT2D eigenvalue weighted by Gasteiger charge is 2.16. The van der Waals surface area contributed by atoms with Gasteiger partial charge in [0.25, 0.3) is 0 Å². The fourth-order valence-corrected chi connectivity index (χ4v) is 1.57. The normalized spacial score (nSPS) is 10.1. The third-order valence-electron chi connectivity index (χ3n) is 1.99. The van der Waals surface area contributed by atoms with Crippen LogP contribution in [0.4, 0.5) is 5.82 Å². The van der Waals surface area contributed by atoms with E-state index in [1.54, 1.807) is 4.90 Å². The zero-order chi connectivity index (χ0) is 12.8. The number of nitrogens with zero attached hydrogens (tertiary/aromatic N) is 4. The Morgan fingerprint density at radius 1 is 1.35 bits per heavy atom. The number of carbonyl (C=O) groups is 1. The topological polar surface area (TPSA) is 71.0 Å². The van der Waals surface area contributed by atoms with Crippen LogP contribution in [0.2, 0.25) is 10.4 Å². The van der Waals surface area contributed by atoms with E-state index >= 15 is 0 Å². The van der Waals surface area contributed by atoms with Crippen molar-refractivity contribution in [3.05, 3.63) is 10.4 Å². The van der Waals surface area contributed by atoms with Crippen LogP contribution in [-0.4, -0.2) is 40.7 Å². The monoisotopic (exact) mass is 277 g/mol. The van der Waals surface area contributed by atoms with Gasteiger partial charge in [-0.2, -0.15) is 4.98 Å². The highest BCUT2D eigenvalue weighted by molar-refractivity contribution is 6.32. The molecule has 1 aromatic heterocycles. The van der Waals surface area contributed by atoms with E-state index in [2.05, 4.69) is 20.5 Å². The zero-order valence-corrected chi connectivity index (χ0v) is 11.1. The number of anilines is 1. The minimum absolute atomic E-state index is 0.00116. The molecule has 1 amide bonds. The number of aromatic nitrogens is 3. The van der Waals surface area contributed by atoms with Crippen LogP contribution in [0.15, 0.2) is 0 Å². The lowest BCUT2D eigenvalue weighted by Crippen LogP contribution is -2.37. The van der Waals surface area contributed by atoms with Crippen LogP contribution in [0.25, 0.3) is 0 Å². The summed E-state index contributed by atoms with van der Waals surface area (Å²) in [7, 11) is 0. The lowest BCUT2D eigenvalue weighted by atomic mass is 10.4. The van der Waals surface area contributed by atoms with Gasteiger partial charge in [-0.15, -0.1) is 10.2 Å². The van der Waals surface area contributed by atoms with Gasteiger partial charge in [-0.25, -0.2) is 0 Å². The van der Waals surface area contributed by atoms with E-state index in [4.69, 9.17) is 23.2 Å². The summed E-state index contributed by atoms with van der Waals surface area (Å²) in [6.07, 6.45) is 0. The summed E-state index contributed by atoms with van der Waals surface area (Å²) in [6, 6.07) is 0. The van der Waals surface area contributed by atoms with E-state index in [9.17, 15) is 4.79 Å². The van der Waals surface area contributed by atoms with E-state index in [1.165, 1.54) is 0 Å². The SMILES string of the molecule is CCNC(=O)CN(CC)c1nc(Cl)nnc1Cl. The van der Waals surface area contributed by atoms with Crippen LogP contribution in [0.5, 0.6) is 0 Å². The fraction of sp³-hybridized carbons (Fsp3) is 0.556. The highest BCUT2D eigenvalue weighted by Crippen LogP contribution is 2.20. The molecule has 0 bridgehead atoms. The number of hydrogen-bond acceptors (Lipinski definition) is 5. The third kappa shape index (κ3) is 3.98. The van der Waals surface area contributed by atoms with Crippen molar-refractivity contribution in [2.24, 2.45) is 0 Å². The lowest BCUT2D eigenvalue weighted by molar-refractivity contribution is -0.119. The molecule has 0 spiro atoms. The van der Waals surface area contributed by atoms with E-state index in [1.807, 2.05) is 13.8 Å². The molecule has 0 fully saturated rings. The van der Waals surface area contributed by atoms with Crippen LogP contribution in [0.1, 0.15) is 13.8 Å². The van der Waals surface area contributed by atoms with Gasteiger partial charge in [0.2, 0.25) is 11.2 Å². The molecule has 0 radical (unpaired) electrons. The van der Waals surface area contributed by atoms with E-state index in [-0.39, 0.29) is 22.9 Å². The van der Waals surface area contributed by atoms with Gasteiger partial charge in [-0.3, -0.25) is 4.79 Å². The predicted molar refractivity (Wildman–Crippen MR) is 66.4 cm³/mol. The summed E-state index contributed by atoms with van der Waals surface area (Å²) in [5, 5.41) is 9.98. The first-order chi connectivity index (χ1) is 8.08. The van der Waals surface area contributed by atoms with Crippen molar-refractivity contribution >= 4 is 34.9 Å². The first-order valence-electron chi connectivity index (χ1n) is 5.15. The molecule has 1 heterocycles. The number of carbonyl (C=O) groups excluding carboxylic acids is 1. The zero-order valence-electron chi connectivity index (χ0n) is 9.57. The Morgan fingerprint density at radius 3 is 2.65 bits per heavy atom. The molecule has 0 aromatic carbocycles. The molecular formula is C9H13Cl2N5O. The molecule has 0 saturated carbocycles. The van der Waals surface area contributed by atoms with Crippen LogP contribution in [0, 0.1) is 0 Å². The summed E-state index contributed by atoms with van der Waals surface area (Å²) in [6.45, 7) is 5.02. The molecule has 0 saturated heterocycles. The van der Waals surface area contributed by atoms with Gasteiger partial charge in [-0.05, 0) is 25.4 Å². The molecule has 8 heteroatoms. The highest BCUT2D eigenvalue weighted by atomic mass is 35.5. The van der Waals surface area contributed by atoms with Crippen molar-refractivity contribution in [1.29, 1.82) is 0 Å². The first kappa shape index (κ1) is 13.9. The maximum absolute atomic E-state index is 11.5. The molecule has 0 aliphatic rings. The van der Waals surface area contributed by atoms with Crippen LogP contribution in [-0.2, 0) is 4.79 Å². The average molecular weight is 278 g/mol. The van der Waals surface area contributed by atoms with Crippen molar-refractivity contribution < 1.29 is 4.79 Å². The van der Waals surface area contributed by atoms with E-state index < -0.39 is 0 Å². The molecule has 94 valence electrons. The standard InChI is InChI=1S/C9H13Cl2N5O/c1-3-12-6(17)5-16(4-2)8-7(10)14-15-9(11)13-8/h3-5H2,1-2H3,(H,12,17). The lowest BCUT2D eigenvalue weighted by Gasteiger charge is -2.21. The Labute approximate surface area is 109 Å². The van der Waals surface area contributed by atoms with Gasteiger partial charge >= 0.3 is 0 Å². The molecule has 0 aliphatic carbocycles.